The van der Waals surface area contributed by atoms with Crippen LogP contribution in [-0.4, -0.2) is 35.8 Å². The zero-order valence-corrected chi connectivity index (χ0v) is 14.5. The summed E-state index contributed by atoms with van der Waals surface area (Å²) < 4.78 is 12.3. The van der Waals surface area contributed by atoms with Crippen molar-refractivity contribution in [2.24, 2.45) is 0 Å². The molecule has 0 aromatic heterocycles. The van der Waals surface area contributed by atoms with Gasteiger partial charge in [0.25, 0.3) is 0 Å². The number of carbonyl (C=O) groups is 1. The van der Waals surface area contributed by atoms with Crippen molar-refractivity contribution in [2.45, 2.75) is 45.4 Å². The monoisotopic (exact) mass is 355 g/mol. The summed E-state index contributed by atoms with van der Waals surface area (Å²) in [5, 5.41) is 0. The van der Waals surface area contributed by atoms with Gasteiger partial charge in [0.05, 0.1) is 18.8 Å². The number of ether oxygens (including phenoxy) is 2. The molecular weight excluding hydrogens is 334 g/mol. The van der Waals surface area contributed by atoms with E-state index in [1.165, 1.54) is 0 Å². The van der Waals surface area contributed by atoms with Gasteiger partial charge in [0.1, 0.15) is 5.60 Å². The van der Waals surface area contributed by atoms with E-state index >= 15 is 0 Å². The van der Waals surface area contributed by atoms with Crippen LogP contribution in [0.2, 0.25) is 0 Å². The van der Waals surface area contributed by atoms with E-state index in [-0.39, 0.29) is 18.2 Å². The zero-order chi connectivity index (χ0) is 15.6. The van der Waals surface area contributed by atoms with Gasteiger partial charge in [-0.1, -0.05) is 28.1 Å². The van der Waals surface area contributed by atoms with Gasteiger partial charge in [-0.05, 0) is 45.4 Å². The maximum Gasteiger partial charge on any atom is 0.410 e. The lowest BCUT2D eigenvalue weighted by Crippen LogP contribution is -2.48. The van der Waals surface area contributed by atoms with Crippen LogP contribution in [-0.2, 0) is 9.47 Å². The first-order valence-electron chi connectivity index (χ1n) is 7.14. The second-order valence-corrected chi connectivity index (χ2v) is 7.16. The van der Waals surface area contributed by atoms with E-state index < -0.39 is 5.60 Å². The van der Waals surface area contributed by atoms with Crippen LogP contribution >= 0.6 is 15.9 Å². The number of hydrogen-bond donors (Lipinski definition) is 0. The van der Waals surface area contributed by atoms with E-state index in [9.17, 15) is 4.79 Å². The van der Waals surface area contributed by atoms with Gasteiger partial charge in [-0.2, -0.15) is 0 Å². The fourth-order valence-corrected chi connectivity index (χ4v) is 2.72. The molecule has 2 rings (SSSR count). The number of halogens is 1. The van der Waals surface area contributed by atoms with Gasteiger partial charge in [-0.15, -0.1) is 0 Å². The highest BCUT2D eigenvalue weighted by molar-refractivity contribution is 9.10. The van der Waals surface area contributed by atoms with Crippen molar-refractivity contribution in [3.63, 3.8) is 0 Å². The average Bonchev–Trinajstić information content (AvgIpc) is 2.38. The third kappa shape index (κ3) is 4.20. The molecule has 4 nitrogen and oxygen atoms in total. The van der Waals surface area contributed by atoms with Crippen LogP contribution in [0, 0.1) is 0 Å². The van der Waals surface area contributed by atoms with Crippen molar-refractivity contribution in [2.75, 3.05) is 13.2 Å². The Kier molecular flexibility index (Phi) is 4.94. The van der Waals surface area contributed by atoms with Crippen molar-refractivity contribution in [1.29, 1.82) is 0 Å². The van der Waals surface area contributed by atoms with Crippen LogP contribution in [0.3, 0.4) is 0 Å². The van der Waals surface area contributed by atoms with E-state index in [1.807, 2.05) is 52.0 Å². The number of morpholine rings is 1. The quantitative estimate of drug-likeness (QED) is 0.759. The average molecular weight is 356 g/mol. The number of benzene rings is 1. The summed E-state index contributed by atoms with van der Waals surface area (Å²) in [5.41, 5.74) is 0.555. The predicted octanol–water partition coefficient (Wildman–Crippen LogP) is 4.15. The molecule has 5 heteroatoms. The van der Waals surface area contributed by atoms with Crippen LogP contribution in [0.5, 0.6) is 0 Å². The molecule has 0 aliphatic carbocycles. The number of rotatable bonds is 1. The number of carbonyl (C=O) groups excluding carboxylic acids is 1. The van der Waals surface area contributed by atoms with Gasteiger partial charge < -0.3 is 9.47 Å². The Morgan fingerprint density at radius 1 is 1.33 bits per heavy atom. The van der Waals surface area contributed by atoms with Crippen LogP contribution in [0.4, 0.5) is 4.79 Å². The molecule has 0 radical (unpaired) electrons. The molecule has 0 spiro atoms. The first-order chi connectivity index (χ1) is 9.78. The molecule has 0 unspecified atom stereocenters. The summed E-state index contributed by atoms with van der Waals surface area (Å²) in [6.07, 6.45) is -0.349. The third-order valence-corrected chi connectivity index (χ3v) is 3.86. The van der Waals surface area contributed by atoms with Gasteiger partial charge in [-0.25, -0.2) is 4.79 Å². The Morgan fingerprint density at radius 3 is 2.52 bits per heavy atom. The second kappa shape index (κ2) is 6.36. The predicted molar refractivity (Wildman–Crippen MR) is 85.2 cm³/mol. The SMILES string of the molecule is C[C@@H]1OCCN(C(=O)OC(C)(C)C)[C@H]1c1ccc(Br)cc1. The lowest BCUT2D eigenvalue weighted by molar-refractivity contribution is -0.0698. The van der Waals surface area contributed by atoms with Gasteiger partial charge >= 0.3 is 6.09 Å². The Bertz CT molecular complexity index is 495. The lowest BCUT2D eigenvalue weighted by Gasteiger charge is -2.40. The molecule has 0 bridgehead atoms. The number of amides is 1. The highest BCUT2D eigenvalue weighted by atomic mass is 79.9. The third-order valence-electron chi connectivity index (χ3n) is 3.33. The molecule has 1 aromatic rings. The molecule has 1 saturated heterocycles. The lowest BCUT2D eigenvalue weighted by atomic mass is 9.99. The topological polar surface area (TPSA) is 38.8 Å². The van der Waals surface area contributed by atoms with Gasteiger partial charge in [0.15, 0.2) is 0 Å². The van der Waals surface area contributed by atoms with Crippen molar-refractivity contribution in [1.82, 2.24) is 4.90 Å². The molecule has 0 saturated carbocycles. The first-order valence-corrected chi connectivity index (χ1v) is 7.94. The highest BCUT2D eigenvalue weighted by Crippen LogP contribution is 2.31. The largest absolute Gasteiger partial charge is 0.444 e. The van der Waals surface area contributed by atoms with E-state index in [2.05, 4.69) is 15.9 Å². The summed E-state index contributed by atoms with van der Waals surface area (Å²) in [6.45, 7) is 8.70. The maximum absolute atomic E-state index is 12.4. The summed E-state index contributed by atoms with van der Waals surface area (Å²) >= 11 is 3.43. The molecular formula is C16H22BrNO3. The summed E-state index contributed by atoms with van der Waals surface area (Å²) in [6, 6.07) is 7.85. The van der Waals surface area contributed by atoms with E-state index in [4.69, 9.17) is 9.47 Å². The standard InChI is InChI=1S/C16H22BrNO3/c1-11-14(12-5-7-13(17)8-6-12)18(9-10-20-11)15(19)21-16(2,3)4/h5-8,11,14H,9-10H2,1-4H3/t11-,14+/m0/s1. The zero-order valence-electron chi connectivity index (χ0n) is 12.9. The fraction of sp³-hybridized carbons (Fsp3) is 0.562. The van der Waals surface area contributed by atoms with E-state index in [0.717, 1.165) is 10.0 Å². The maximum atomic E-state index is 12.4. The van der Waals surface area contributed by atoms with Crippen molar-refractivity contribution in [3.8, 4) is 0 Å². The van der Waals surface area contributed by atoms with Crippen molar-refractivity contribution in [3.05, 3.63) is 34.3 Å². The van der Waals surface area contributed by atoms with Crippen molar-refractivity contribution >= 4 is 22.0 Å². The molecule has 2 atom stereocenters. The fourth-order valence-electron chi connectivity index (χ4n) is 2.46. The Hall–Kier alpha value is -1.07. The first kappa shape index (κ1) is 16.3. The Labute approximate surface area is 134 Å². The minimum absolute atomic E-state index is 0.0626. The number of hydrogen-bond acceptors (Lipinski definition) is 3. The molecule has 1 aliphatic heterocycles. The Morgan fingerprint density at radius 2 is 1.95 bits per heavy atom. The molecule has 1 heterocycles. The smallest absolute Gasteiger partial charge is 0.410 e. The van der Waals surface area contributed by atoms with Crippen LogP contribution in [0.1, 0.15) is 39.3 Å². The summed E-state index contributed by atoms with van der Waals surface area (Å²) in [7, 11) is 0. The van der Waals surface area contributed by atoms with E-state index in [1.54, 1.807) is 4.90 Å². The number of nitrogens with zero attached hydrogens (tertiary/aromatic N) is 1. The summed E-state index contributed by atoms with van der Waals surface area (Å²) in [4.78, 5) is 14.2. The molecule has 1 fully saturated rings. The van der Waals surface area contributed by atoms with Crippen LogP contribution in [0.25, 0.3) is 0 Å². The van der Waals surface area contributed by atoms with E-state index in [0.29, 0.717) is 13.2 Å². The Balaban J connectivity index is 2.25. The van der Waals surface area contributed by atoms with Crippen LogP contribution in [0.15, 0.2) is 28.7 Å². The normalized spacial score (nSPS) is 23.0. The molecule has 21 heavy (non-hydrogen) atoms. The minimum Gasteiger partial charge on any atom is -0.444 e. The molecule has 1 aliphatic rings. The molecule has 1 amide bonds. The summed E-state index contributed by atoms with van der Waals surface area (Å²) in [5.74, 6) is 0. The van der Waals surface area contributed by atoms with Crippen LogP contribution < -0.4 is 0 Å². The van der Waals surface area contributed by atoms with Gasteiger partial charge in [0.2, 0.25) is 0 Å². The van der Waals surface area contributed by atoms with Gasteiger partial charge in [-0.3, -0.25) is 4.90 Å². The molecule has 1 aromatic carbocycles. The second-order valence-electron chi connectivity index (χ2n) is 6.25. The highest BCUT2D eigenvalue weighted by Gasteiger charge is 2.36. The molecule has 116 valence electrons. The van der Waals surface area contributed by atoms with Crippen molar-refractivity contribution < 1.29 is 14.3 Å². The molecule has 0 N–H and O–H groups in total. The van der Waals surface area contributed by atoms with Gasteiger partial charge in [0, 0.05) is 11.0 Å². The minimum atomic E-state index is -0.497.